The Hall–Kier alpha value is -1.64. The summed E-state index contributed by atoms with van der Waals surface area (Å²) in [6, 6.07) is 9.38. The highest BCUT2D eigenvalue weighted by Crippen LogP contribution is 2.16. The zero-order chi connectivity index (χ0) is 12.7. The van der Waals surface area contributed by atoms with Crippen molar-refractivity contribution in [3.63, 3.8) is 0 Å². The van der Waals surface area contributed by atoms with E-state index >= 15 is 0 Å². The highest BCUT2D eigenvalue weighted by atomic mass is 16.5. The lowest BCUT2D eigenvalue weighted by atomic mass is 10.1. The van der Waals surface area contributed by atoms with Crippen LogP contribution in [0.25, 0.3) is 0 Å². The third-order valence-corrected chi connectivity index (χ3v) is 2.54. The third kappa shape index (κ3) is 4.39. The van der Waals surface area contributed by atoms with Crippen LogP contribution in [0.5, 0.6) is 0 Å². The van der Waals surface area contributed by atoms with Gasteiger partial charge in [0.05, 0.1) is 0 Å². The molecule has 0 bridgehead atoms. The van der Waals surface area contributed by atoms with Crippen LogP contribution in [0.2, 0.25) is 0 Å². The van der Waals surface area contributed by atoms with E-state index in [0.29, 0.717) is 0 Å². The molecule has 0 heterocycles. The predicted octanol–water partition coefficient (Wildman–Crippen LogP) is 3.05. The summed E-state index contributed by atoms with van der Waals surface area (Å²) in [5, 5.41) is 0. The Morgan fingerprint density at radius 2 is 1.88 bits per heavy atom. The van der Waals surface area contributed by atoms with Crippen LogP contribution in [0.1, 0.15) is 44.8 Å². The van der Waals surface area contributed by atoms with Gasteiger partial charge in [-0.1, -0.05) is 43.7 Å². The van der Waals surface area contributed by atoms with Crippen LogP contribution in [-0.2, 0) is 14.3 Å². The van der Waals surface area contributed by atoms with Gasteiger partial charge in [-0.25, -0.2) is 4.79 Å². The zero-order valence-corrected chi connectivity index (χ0v) is 10.3. The number of esters is 1. The van der Waals surface area contributed by atoms with Crippen molar-refractivity contribution in [2.45, 2.75) is 39.2 Å². The molecule has 0 aliphatic carbocycles. The number of hydrogen-bond donors (Lipinski definition) is 0. The normalized spacial score (nSPS) is 11.9. The third-order valence-electron chi connectivity index (χ3n) is 2.54. The second kappa shape index (κ2) is 6.84. The van der Waals surface area contributed by atoms with Crippen molar-refractivity contribution in [2.75, 3.05) is 0 Å². The topological polar surface area (TPSA) is 43.4 Å². The molecular weight excluding hydrogens is 216 g/mol. The summed E-state index contributed by atoms with van der Waals surface area (Å²) in [6.07, 6.45) is 1.52. The van der Waals surface area contributed by atoms with Crippen LogP contribution >= 0.6 is 0 Å². The summed E-state index contributed by atoms with van der Waals surface area (Å²) >= 11 is 0. The van der Waals surface area contributed by atoms with Gasteiger partial charge in [0.2, 0.25) is 5.78 Å². The predicted molar refractivity (Wildman–Crippen MR) is 65.5 cm³/mol. The zero-order valence-electron chi connectivity index (χ0n) is 10.3. The number of Topliss-reactive ketones (excluding diaryl/α,β-unsaturated/α-hetero) is 1. The number of benzene rings is 1. The van der Waals surface area contributed by atoms with Gasteiger partial charge in [-0.3, -0.25) is 4.79 Å². The fourth-order valence-electron chi connectivity index (χ4n) is 1.46. The molecule has 1 aromatic carbocycles. The largest absolute Gasteiger partial charge is 0.452 e. The standard InChI is InChI=1S/C14H18O3/c1-3-4-10-13(15)14(16)17-11(2)12-8-6-5-7-9-12/h5-9,11H,3-4,10H2,1-2H3/t11-/m1/s1. The summed E-state index contributed by atoms with van der Waals surface area (Å²) in [4.78, 5) is 22.9. The molecule has 0 N–H and O–H groups in total. The van der Waals surface area contributed by atoms with Gasteiger partial charge >= 0.3 is 5.97 Å². The Balaban J connectivity index is 2.49. The molecule has 0 saturated heterocycles. The Morgan fingerprint density at radius 1 is 1.24 bits per heavy atom. The first-order chi connectivity index (χ1) is 8.15. The van der Waals surface area contributed by atoms with E-state index < -0.39 is 11.8 Å². The minimum absolute atomic E-state index is 0.275. The summed E-state index contributed by atoms with van der Waals surface area (Å²) in [7, 11) is 0. The molecule has 0 spiro atoms. The highest BCUT2D eigenvalue weighted by Gasteiger charge is 2.18. The average molecular weight is 234 g/mol. The van der Waals surface area contributed by atoms with Crippen molar-refractivity contribution in [2.24, 2.45) is 0 Å². The number of carbonyl (C=O) groups excluding carboxylic acids is 2. The van der Waals surface area contributed by atoms with E-state index in [1.807, 2.05) is 37.3 Å². The number of ketones is 1. The summed E-state index contributed by atoms with van der Waals surface area (Å²) < 4.78 is 5.11. The van der Waals surface area contributed by atoms with Crippen LogP contribution in [-0.4, -0.2) is 11.8 Å². The molecule has 0 unspecified atom stereocenters. The molecule has 3 heteroatoms. The molecule has 0 radical (unpaired) electrons. The number of unbranched alkanes of at least 4 members (excludes halogenated alkanes) is 1. The molecule has 1 rings (SSSR count). The molecule has 92 valence electrons. The molecule has 1 aromatic rings. The van der Waals surface area contributed by atoms with Crippen LogP contribution < -0.4 is 0 Å². The van der Waals surface area contributed by atoms with Crippen molar-refractivity contribution < 1.29 is 14.3 Å². The average Bonchev–Trinajstić information content (AvgIpc) is 2.36. The van der Waals surface area contributed by atoms with Crippen LogP contribution in [0.4, 0.5) is 0 Å². The molecule has 3 nitrogen and oxygen atoms in total. The van der Waals surface area contributed by atoms with Gasteiger partial charge in [-0.05, 0) is 18.9 Å². The Bertz CT molecular complexity index is 370. The van der Waals surface area contributed by atoms with Gasteiger partial charge in [0, 0.05) is 6.42 Å². The SMILES string of the molecule is CCCCC(=O)C(=O)O[C@H](C)c1ccccc1. The minimum atomic E-state index is -0.727. The van der Waals surface area contributed by atoms with Crippen LogP contribution in [0.3, 0.4) is 0 Å². The first-order valence-corrected chi connectivity index (χ1v) is 5.94. The van der Waals surface area contributed by atoms with Gasteiger partial charge in [-0.15, -0.1) is 0 Å². The Kier molecular flexibility index (Phi) is 5.40. The highest BCUT2D eigenvalue weighted by molar-refractivity contribution is 6.33. The molecule has 0 amide bonds. The maximum absolute atomic E-state index is 11.5. The molecule has 1 atom stereocenters. The van der Waals surface area contributed by atoms with E-state index in [-0.39, 0.29) is 12.5 Å². The molecule has 17 heavy (non-hydrogen) atoms. The van der Waals surface area contributed by atoms with Crippen molar-refractivity contribution in [1.29, 1.82) is 0 Å². The molecule has 0 aliphatic rings. The first kappa shape index (κ1) is 13.4. The Labute approximate surface area is 102 Å². The smallest absolute Gasteiger partial charge is 0.375 e. The molecule has 0 saturated carbocycles. The van der Waals surface area contributed by atoms with E-state index in [1.54, 1.807) is 6.92 Å². The van der Waals surface area contributed by atoms with Gasteiger partial charge in [0.1, 0.15) is 6.10 Å². The molecular formula is C14H18O3. The van der Waals surface area contributed by atoms with Crippen molar-refractivity contribution >= 4 is 11.8 Å². The van der Waals surface area contributed by atoms with E-state index in [1.165, 1.54) is 0 Å². The quantitative estimate of drug-likeness (QED) is 0.561. The van der Waals surface area contributed by atoms with E-state index in [4.69, 9.17) is 4.74 Å². The van der Waals surface area contributed by atoms with Crippen LogP contribution in [0, 0.1) is 0 Å². The van der Waals surface area contributed by atoms with Gasteiger partial charge < -0.3 is 4.74 Å². The molecule has 0 aliphatic heterocycles. The maximum atomic E-state index is 11.5. The number of carbonyl (C=O) groups is 2. The summed E-state index contributed by atoms with van der Waals surface area (Å²) in [6.45, 7) is 3.74. The lowest BCUT2D eigenvalue weighted by Crippen LogP contribution is -2.19. The van der Waals surface area contributed by atoms with Crippen molar-refractivity contribution in [3.05, 3.63) is 35.9 Å². The van der Waals surface area contributed by atoms with E-state index in [9.17, 15) is 9.59 Å². The van der Waals surface area contributed by atoms with E-state index in [2.05, 4.69) is 0 Å². The van der Waals surface area contributed by atoms with Gasteiger partial charge in [0.15, 0.2) is 0 Å². The van der Waals surface area contributed by atoms with Gasteiger partial charge in [-0.2, -0.15) is 0 Å². The van der Waals surface area contributed by atoms with Crippen molar-refractivity contribution in [3.8, 4) is 0 Å². The lowest BCUT2D eigenvalue weighted by molar-refractivity contribution is -0.157. The number of hydrogen-bond acceptors (Lipinski definition) is 3. The monoisotopic (exact) mass is 234 g/mol. The minimum Gasteiger partial charge on any atom is -0.452 e. The number of rotatable bonds is 6. The maximum Gasteiger partial charge on any atom is 0.375 e. The fraction of sp³-hybridized carbons (Fsp3) is 0.429. The van der Waals surface area contributed by atoms with Gasteiger partial charge in [0.25, 0.3) is 0 Å². The second-order valence-electron chi connectivity index (χ2n) is 3.98. The first-order valence-electron chi connectivity index (χ1n) is 5.94. The summed E-state index contributed by atoms with van der Waals surface area (Å²) in [5.41, 5.74) is 0.893. The van der Waals surface area contributed by atoms with Crippen molar-refractivity contribution in [1.82, 2.24) is 0 Å². The second-order valence-corrected chi connectivity index (χ2v) is 3.98. The molecule has 0 aromatic heterocycles. The van der Waals surface area contributed by atoms with E-state index in [0.717, 1.165) is 18.4 Å². The van der Waals surface area contributed by atoms with Crippen LogP contribution in [0.15, 0.2) is 30.3 Å². The Morgan fingerprint density at radius 3 is 2.47 bits per heavy atom. The lowest BCUT2D eigenvalue weighted by Gasteiger charge is -2.12. The molecule has 0 fully saturated rings. The summed E-state index contributed by atoms with van der Waals surface area (Å²) in [5.74, 6) is -1.16. The number of ether oxygens (including phenoxy) is 1. The fourth-order valence-corrected chi connectivity index (χ4v) is 1.46.